The van der Waals surface area contributed by atoms with Gasteiger partial charge in [-0.05, 0) is 24.5 Å². The monoisotopic (exact) mass is 309 g/mol. The van der Waals surface area contributed by atoms with Gasteiger partial charge in [-0.3, -0.25) is 9.78 Å². The van der Waals surface area contributed by atoms with E-state index in [0.29, 0.717) is 5.91 Å². The number of amides is 1. The van der Waals surface area contributed by atoms with Gasteiger partial charge in [0.2, 0.25) is 5.91 Å². The number of pyridine rings is 1. The van der Waals surface area contributed by atoms with Gasteiger partial charge in [0.1, 0.15) is 0 Å². The minimum atomic E-state index is 0. The molecular weight excluding hydrogens is 286 g/mol. The van der Waals surface area contributed by atoms with Gasteiger partial charge in [0, 0.05) is 37.9 Å². The average molecular weight is 310 g/mol. The van der Waals surface area contributed by atoms with Gasteiger partial charge in [-0.1, -0.05) is 25.3 Å². The van der Waals surface area contributed by atoms with Crippen molar-refractivity contribution in [2.24, 2.45) is 5.92 Å². The molecule has 0 aromatic carbocycles. The van der Waals surface area contributed by atoms with Crippen molar-refractivity contribution in [3.05, 3.63) is 30.1 Å². The van der Waals surface area contributed by atoms with Crippen LogP contribution in [0.25, 0.3) is 0 Å². The van der Waals surface area contributed by atoms with Gasteiger partial charge in [0.05, 0.1) is 6.04 Å². The third-order valence-electron chi connectivity index (χ3n) is 4.55. The van der Waals surface area contributed by atoms with Gasteiger partial charge in [0.15, 0.2) is 0 Å². The van der Waals surface area contributed by atoms with E-state index >= 15 is 0 Å². The molecule has 2 aliphatic rings. The highest BCUT2D eigenvalue weighted by atomic mass is 35.5. The van der Waals surface area contributed by atoms with E-state index in [0.717, 1.165) is 38.0 Å². The van der Waals surface area contributed by atoms with E-state index in [1.165, 1.54) is 19.3 Å². The molecular formula is C16H24ClN3O. The summed E-state index contributed by atoms with van der Waals surface area (Å²) in [4.78, 5) is 19.1. The first-order valence-electron chi connectivity index (χ1n) is 7.77. The number of halogens is 1. The molecule has 2 fully saturated rings. The molecule has 1 aliphatic carbocycles. The van der Waals surface area contributed by atoms with Crippen LogP contribution in [-0.4, -0.2) is 35.4 Å². The normalized spacial score (nSPS) is 23.4. The Hall–Kier alpha value is -1.13. The highest BCUT2D eigenvalue weighted by Gasteiger charge is 2.32. The molecule has 2 heterocycles. The summed E-state index contributed by atoms with van der Waals surface area (Å²) in [6.07, 6.45) is 9.52. The standard InChI is InChI=1S/C16H23N3O.ClH/c20-16(13-5-2-1-3-6-13)19-10-9-18-12-15(19)14-7-4-8-17-11-14;/h4,7-8,11,13,15,18H,1-3,5-6,9-10,12H2;1H. The van der Waals surface area contributed by atoms with Crippen LogP contribution >= 0.6 is 12.4 Å². The smallest absolute Gasteiger partial charge is 0.226 e. The third kappa shape index (κ3) is 3.74. The predicted octanol–water partition coefficient (Wildman–Crippen LogP) is 2.56. The molecule has 0 bridgehead atoms. The number of carbonyl (C=O) groups is 1. The molecule has 1 saturated heterocycles. The van der Waals surface area contributed by atoms with Crippen LogP contribution in [0.2, 0.25) is 0 Å². The summed E-state index contributed by atoms with van der Waals surface area (Å²) in [6, 6.07) is 4.17. The van der Waals surface area contributed by atoms with Crippen molar-refractivity contribution in [2.75, 3.05) is 19.6 Å². The first kappa shape index (κ1) is 16.2. The molecule has 21 heavy (non-hydrogen) atoms. The Morgan fingerprint density at radius 3 is 2.81 bits per heavy atom. The van der Waals surface area contributed by atoms with Crippen molar-refractivity contribution < 1.29 is 4.79 Å². The van der Waals surface area contributed by atoms with Crippen LogP contribution < -0.4 is 5.32 Å². The van der Waals surface area contributed by atoms with Gasteiger partial charge < -0.3 is 10.2 Å². The molecule has 0 spiro atoms. The maximum Gasteiger partial charge on any atom is 0.226 e. The number of carbonyl (C=O) groups excluding carboxylic acids is 1. The summed E-state index contributed by atoms with van der Waals surface area (Å²) in [5, 5.41) is 3.40. The van der Waals surface area contributed by atoms with Crippen LogP contribution in [0.1, 0.15) is 43.7 Å². The van der Waals surface area contributed by atoms with Gasteiger partial charge in [-0.15, -0.1) is 12.4 Å². The molecule has 0 radical (unpaired) electrons. The third-order valence-corrected chi connectivity index (χ3v) is 4.55. The number of aromatic nitrogens is 1. The van der Waals surface area contributed by atoms with Gasteiger partial charge >= 0.3 is 0 Å². The molecule has 1 aromatic rings. The van der Waals surface area contributed by atoms with Crippen molar-refractivity contribution in [1.82, 2.24) is 15.2 Å². The molecule has 3 rings (SSSR count). The van der Waals surface area contributed by atoms with E-state index < -0.39 is 0 Å². The molecule has 1 amide bonds. The number of nitrogens with zero attached hydrogens (tertiary/aromatic N) is 2. The van der Waals surface area contributed by atoms with E-state index in [1.807, 2.05) is 12.3 Å². The van der Waals surface area contributed by atoms with Gasteiger partial charge in [-0.2, -0.15) is 0 Å². The highest BCUT2D eigenvalue weighted by Crippen LogP contribution is 2.29. The lowest BCUT2D eigenvalue weighted by molar-refractivity contribution is -0.140. The van der Waals surface area contributed by atoms with E-state index in [2.05, 4.69) is 21.3 Å². The Kier molecular flexibility index (Phi) is 6.00. The van der Waals surface area contributed by atoms with Crippen LogP contribution in [0.5, 0.6) is 0 Å². The SMILES string of the molecule is Cl.O=C(C1CCCCC1)N1CCNCC1c1cccnc1. The Labute approximate surface area is 132 Å². The van der Waals surface area contributed by atoms with Gasteiger partial charge in [-0.25, -0.2) is 0 Å². The minimum absolute atomic E-state index is 0. The average Bonchev–Trinajstić information content (AvgIpc) is 2.56. The second kappa shape index (κ2) is 7.76. The van der Waals surface area contributed by atoms with Crippen LogP contribution in [0.3, 0.4) is 0 Å². The Bertz CT molecular complexity index is 448. The molecule has 1 unspecified atom stereocenters. The molecule has 1 saturated carbocycles. The predicted molar refractivity (Wildman–Crippen MR) is 85.4 cm³/mol. The van der Waals surface area contributed by atoms with Crippen LogP contribution in [-0.2, 0) is 4.79 Å². The second-order valence-electron chi connectivity index (χ2n) is 5.87. The van der Waals surface area contributed by atoms with Crippen molar-refractivity contribution in [2.45, 2.75) is 38.1 Å². The van der Waals surface area contributed by atoms with E-state index in [4.69, 9.17) is 0 Å². The first-order valence-corrected chi connectivity index (χ1v) is 7.77. The second-order valence-corrected chi connectivity index (χ2v) is 5.87. The lowest BCUT2D eigenvalue weighted by Crippen LogP contribution is -2.50. The number of hydrogen-bond donors (Lipinski definition) is 1. The molecule has 1 atom stereocenters. The molecule has 4 nitrogen and oxygen atoms in total. The van der Waals surface area contributed by atoms with Crippen LogP contribution in [0.15, 0.2) is 24.5 Å². The minimum Gasteiger partial charge on any atom is -0.333 e. The summed E-state index contributed by atoms with van der Waals surface area (Å²) in [6.45, 7) is 2.55. The van der Waals surface area contributed by atoms with E-state index in [-0.39, 0.29) is 24.4 Å². The van der Waals surface area contributed by atoms with E-state index in [1.54, 1.807) is 6.20 Å². The van der Waals surface area contributed by atoms with Crippen molar-refractivity contribution >= 4 is 18.3 Å². The summed E-state index contributed by atoms with van der Waals surface area (Å²) >= 11 is 0. The number of rotatable bonds is 2. The topological polar surface area (TPSA) is 45.2 Å². The fourth-order valence-corrected chi connectivity index (χ4v) is 3.42. The molecule has 1 aromatic heterocycles. The number of piperazine rings is 1. The summed E-state index contributed by atoms with van der Waals surface area (Å²) in [5.74, 6) is 0.612. The lowest BCUT2D eigenvalue weighted by atomic mass is 9.87. The van der Waals surface area contributed by atoms with Crippen LogP contribution in [0, 0.1) is 5.92 Å². The zero-order chi connectivity index (χ0) is 13.8. The fraction of sp³-hybridized carbons (Fsp3) is 0.625. The fourth-order valence-electron chi connectivity index (χ4n) is 3.42. The maximum absolute atomic E-state index is 12.8. The number of nitrogens with one attached hydrogen (secondary N) is 1. The number of hydrogen-bond acceptors (Lipinski definition) is 3. The molecule has 1 aliphatic heterocycles. The zero-order valence-corrected chi connectivity index (χ0v) is 13.1. The van der Waals surface area contributed by atoms with Crippen molar-refractivity contribution in [3.8, 4) is 0 Å². The summed E-state index contributed by atoms with van der Waals surface area (Å²) in [7, 11) is 0. The van der Waals surface area contributed by atoms with Gasteiger partial charge in [0.25, 0.3) is 0 Å². The molecule has 5 heteroatoms. The Morgan fingerprint density at radius 1 is 1.29 bits per heavy atom. The summed E-state index contributed by atoms with van der Waals surface area (Å²) in [5.41, 5.74) is 1.14. The Balaban J connectivity index is 0.00000161. The highest BCUT2D eigenvalue weighted by molar-refractivity contribution is 5.85. The van der Waals surface area contributed by atoms with Crippen LogP contribution in [0.4, 0.5) is 0 Å². The quantitative estimate of drug-likeness (QED) is 0.913. The largest absolute Gasteiger partial charge is 0.333 e. The van der Waals surface area contributed by atoms with E-state index in [9.17, 15) is 4.79 Å². The summed E-state index contributed by atoms with van der Waals surface area (Å²) < 4.78 is 0. The lowest BCUT2D eigenvalue weighted by Gasteiger charge is -2.39. The molecule has 116 valence electrons. The maximum atomic E-state index is 12.8. The molecule has 1 N–H and O–H groups in total. The Morgan fingerprint density at radius 2 is 2.10 bits per heavy atom. The zero-order valence-electron chi connectivity index (χ0n) is 12.3. The van der Waals surface area contributed by atoms with Crippen molar-refractivity contribution in [3.63, 3.8) is 0 Å². The van der Waals surface area contributed by atoms with Crippen molar-refractivity contribution in [1.29, 1.82) is 0 Å². The first-order chi connectivity index (χ1) is 9.86.